The molecule has 1 aromatic heterocycles. The lowest BCUT2D eigenvalue weighted by molar-refractivity contribution is -0.538. The molecule has 5 heteroatoms. The van der Waals surface area contributed by atoms with Gasteiger partial charge in [-0.05, 0) is 24.3 Å². The predicted molar refractivity (Wildman–Crippen MR) is 96.2 cm³/mol. The largest absolute Gasteiger partial charge is 0.489 e. The van der Waals surface area contributed by atoms with Gasteiger partial charge in [-0.15, -0.1) is 4.57 Å². The molecule has 0 saturated carbocycles. The van der Waals surface area contributed by atoms with E-state index in [1.54, 1.807) is 7.11 Å². The van der Waals surface area contributed by atoms with Crippen LogP contribution in [0.2, 0.25) is 0 Å². The standard InChI is InChI=1S/C19H16N4O/c1-24-19-14(21)8-10-16-18(19)23(13-5-3-2-4-6-13)17-11-12(20)7-9-15(17)22-16/h2-11H,1H3,(H3,20,21)/p+1. The molecule has 0 unspecified atom stereocenters. The van der Waals surface area contributed by atoms with Crippen molar-refractivity contribution < 1.29 is 9.30 Å². The summed E-state index contributed by atoms with van der Waals surface area (Å²) in [6, 6.07) is 19.4. The molecule has 0 saturated heterocycles. The first-order valence-corrected chi connectivity index (χ1v) is 7.62. The Morgan fingerprint density at radius 3 is 2.42 bits per heavy atom. The second-order valence-electron chi connectivity index (χ2n) is 5.59. The summed E-state index contributed by atoms with van der Waals surface area (Å²) < 4.78 is 7.67. The van der Waals surface area contributed by atoms with Crippen molar-refractivity contribution in [3.63, 3.8) is 0 Å². The molecule has 5 nitrogen and oxygen atoms in total. The summed E-state index contributed by atoms with van der Waals surface area (Å²) in [7, 11) is 1.62. The quantitative estimate of drug-likeness (QED) is 0.338. The molecule has 1 heterocycles. The molecule has 0 fully saturated rings. The number of anilines is 2. The van der Waals surface area contributed by atoms with Crippen LogP contribution in [0, 0.1) is 0 Å². The minimum Gasteiger partial charge on any atom is -0.489 e. The van der Waals surface area contributed by atoms with Gasteiger partial charge in [0.1, 0.15) is 11.0 Å². The molecule has 0 bridgehead atoms. The molecule has 118 valence electrons. The van der Waals surface area contributed by atoms with Crippen molar-refractivity contribution in [2.45, 2.75) is 0 Å². The van der Waals surface area contributed by atoms with E-state index >= 15 is 0 Å². The van der Waals surface area contributed by atoms with Crippen molar-refractivity contribution in [3.05, 3.63) is 60.7 Å². The molecule has 4 N–H and O–H groups in total. The Bertz CT molecular complexity index is 1060. The van der Waals surface area contributed by atoms with Crippen LogP contribution in [0.25, 0.3) is 27.8 Å². The number of aromatic nitrogens is 2. The fourth-order valence-corrected chi connectivity index (χ4v) is 3.01. The van der Waals surface area contributed by atoms with Crippen LogP contribution in [-0.2, 0) is 0 Å². The molecule has 0 aliphatic rings. The zero-order valence-corrected chi connectivity index (χ0v) is 13.2. The van der Waals surface area contributed by atoms with Gasteiger partial charge >= 0.3 is 0 Å². The van der Waals surface area contributed by atoms with Crippen molar-refractivity contribution in [1.29, 1.82) is 0 Å². The molecule has 3 aromatic carbocycles. The van der Waals surface area contributed by atoms with E-state index < -0.39 is 0 Å². The van der Waals surface area contributed by atoms with Crippen LogP contribution in [0.1, 0.15) is 0 Å². The first-order valence-electron chi connectivity index (χ1n) is 7.62. The molecule has 0 radical (unpaired) electrons. The van der Waals surface area contributed by atoms with Gasteiger partial charge in [0.25, 0.3) is 5.52 Å². The highest BCUT2D eigenvalue weighted by Crippen LogP contribution is 2.31. The van der Waals surface area contributed by atoms with E-state index in [1.165, 1.54) is 0 Å². The third-order valence-corrected chi connectivity index (χ3v) is 4.06. The van der Waals surface area contributed by atoms with E-state index in [-0.39, 0.29) is 0 Å². The molecule has 0 aliphatic carbocycles. The Kier molecular flexibility index (Phi) is 3.20. The predicted octanol–water partition coefficient (Wildman–Crippen LogP) is 2.84. The van der Waals surface area contributed by atoms with Crippen LogP contribution in [0.3, 0.4) is 0 Å². The van der Waals surface area contributed by atoms with Gasteiger partial charge in [-0.1, -0.05) is 18.2 Å². The SMILES string of the molecule is COc1c(N)ccc2nc3ccc(N)cc3[n+](-c3ccccc3)c12. The second kappa shape index (κ2) is 5.38. The summed E-state index contributed by atoms with van der Waals surface area (Å²) in [5.41, 5.74) is 17.8. The number of hydrogen-bond donors (Lipinski definition) is 2. The zero-order valence-electron chi connectivity index (χ0n) is 13.2. The second-order valence-corrected chi connectivity index (χ2v) is 5.59. The van der Waals surface area contributed by atoms with Crippen LogP contribution < -0.4 is 20.8 Å². The lowest BCUT2D eigenvalue weighted by Gasteiger charge is -2.10. The maximum absolute atomic E-state index is 6.13. The molecule has 24 heavy (non-hydrogen) atoms. The van der Waals surface area contributed by atoms with Crippen LogP contribution >= 0.6 is 0 Å². The van der Waals surface area contributed by atoms with Gasteiger partial charge in [0.05, 0.1) is 12.8 Å². The molecule has 4 aromatic rings. The van der Waals surface area contributed by atoms with Gasteiger partial charge in [-0.25, -0.2) is 4.98 Å². The fraction of sp³-hybridized carbons (Fsp3) is 0.0526. The molecular weight excluding hydrogens is 300 g/mol. The Morgan fingerprint density at radius 2 is 1.67 bits per heavy atom. The van der Waals surface area contributed by atoms with Gasteiger partial charge in [0.15, 0.2) is 0 Å². The van der Waals surface area contributed by atoms with Crippen LogP contribution in [0.5, 0.6) is 5.75 Å². The number of para-hydroxylation sites is 1. The maximum Gasteiger partial charge on any atom is 0.282 e. The van der Waals surface area contributed by atoms with Crippen molar-refractivity contribution >= 4 is 33.4 Å². The van der Waals surface area contributed by atoms with Gasteiger partial charge in [0, 0.05) is 23.9 Å². The number of nitrogen functional groups attached to an aromatic ring is 2. The third-order valence-electron chi connectivity index (χ3n) is 4.06. The molecule has 0 aliphatic heterocycles. The van der Waals surface area contributed by atoms with E-state index in [4.69, 9.17) is 21.2 Å². The molecule has 0 amide bonds. The highest BCUT2D eigenvalue weighted by molar-refractivity contribution is 5.90. The Labute approximate surface area is 139 Å². The van der Waals surface area contributed by atoms with E-state index in [1.807, 2.05) is 60.7 Å². The fourth-order valence-electron chi connectivity index (χ4n) is 3.01. The summed E-state index contributed by atoms with van der Waals surface area (Å²) in [6.45, 7) is 0. The number of ether oxygens (including phenoxy) is 1. The van der Waals surface area contributed by atoms with Crippen molar-refractivity contribution in [1.82, 2.24) is 4.98 Å². The molecule has 4 rings (SSSR count). The van der Waals surface area contributed by atoms with E-state index in [0.717, 1.165) is 27.8 Å². The minimum absolute atomic E-state index is 0.569. The monoisotopic (exact) mass is 317 g/mol. The van der Waals surface area contributed by atoms with Crippen LogP contribution in [0.15, 0.2) is 60.7 Å². The Hall–Kier alpha value is -3.34. The molecular formula is C19H17N4O+. The lowest BCUT2D eigenvalue weighted by Crippen LogP contribution is -2.33. The topological polar surface area (TPSA) is 78.0 Å². The summed E-state index contributed by atoms with van der Waals surface area (Å²) in [6.07, 6.45) is 0. The van der Waals surface area contributed by atoms with Crippen molar-refractivity contribution in [3.8, 4) is 11.4 Å². The van der Waals surface area contributed by atoms with E-state index in [2.05, 4.69) is 4.57 Å². The van der Waals surface area contributed by atoms with Crippen molar-refractivity contribution in [2.75, 3.05) is 18.6 Å². The van der Waals surface area contributed by atoms with Crippen LogP contribution in [0.4, 0.5) is 11.4 Å². The minimum atomic E-state index is 0.569. The number of nitrogens with two attached hydrogens (primary N) is 2. The first kappa shape index (κ1) is 14.3. The lowest BCUT2D eigenvalue weighted by atomic mass is 10.1. The average molecular weight is 317 g/mol. The number of nitrogens with zero attached hydrogens (tertiary/aromatic N) is 2. The number of benzene rings is 3. The summed E-state index contributed by atoms with van der Waals surface area (Å²) in [5, 5.41) is 0. The van der Waals surface area contributed by atoms with Gasteiger partial charge in [-0.2, -0.15) is 0 Å². The number of fused-ring (bicyclic) bond motifs is 2. The van der Waals surface area contributed by atoms with E-state index in [0.29, 0.717) is 17.1 Å². The van der Waals surface area contributed by atoms with Crippen LogP contribution in [-0.4, -0.2) is 12.1 Å². The van der Waals surface area contributed by atoms with Crippen molar-refractivity contribution in [2.24, 2.45) is 0 Å². The zero-order chi connectivity index (χ0) is 16.7. The van der Waals surface area contributed by atoms with Gasteiger partial charge in [-0.3, -0.25) is 0 Å². The summed E-state index contributed by atoms with van der Waals surface area (Å²) in [4.78, 5) is 4.74. The highest BCUT2D eigenvalue weighted by atomic mass is 16.5. The van der Waals surface area contributed by atoms with Gasteiger partial charge in [0.2, 0.25) is 17.0 Å². The van der Waals surface area contributed by atoms with E-state index in [9.17, 15) is 0 Å². The third kappa shape index (κ3) is 2.10. The Morgan fingerprint density at radius 1 is 0.917 bits per heavy atom. The number of hydrogen-bond acceptors (Lipinski definition) is 4. The van der Waals surface area contributed by atoms with Gasteiger partial charge < -0.3 is 16.2 Å². The normalized spacial score (nSPS) is 11.0. The number of methoxy groups -OCH3 is 1. The highest BCUT2D eigenvalue weighted by Gasteiger charge is 2.24. The molecule has 0 atom stereocenters. The Balaban J connectivity index is 2.28. The molecule has 0 spiro atoms. The first-order chi connectivity index (χ1) is 11.7. The summed E-state index contributed by atoms with van der Waals surface area (Å²) in [5.74, 6) is 0.605. The average Bonchev–Trinajstić information content (AvgIpc) is 2.61. The maximum atomic E-state index is 6.13. The number of rotatable bonds is 2. The summed E-state index contributed by atoms with van der Waals surface area (Å²) >= 11 is 0. The smallest absolute Gasteiger partial charge is 0.282 e.